The molecule has 2 fully saturated rings. The standard InChI is InChI=1S/C18H34O/c1-6-14-7-9-15(10-8-14)18(19)12-16(2,3)11-17(4,5)13-18/h14-15,19H,6-13H2,1-5H3. The molecule has 0 bridgehead atoms. The summed E-state index contributed by atoms with van der Waals surface area (Å²) >= 11 is 0. The average Bonchev–Trinajstić information content (AvgIpc) is 2.24. The van der Waals surface area contributed by atoms with Crippen LogP contribution >= 0.6 is 0 Å². The molecule has 0 aromatic carbocycles. The monoisotopic (exact) mass is 266 g/mol. The first-order valence-corrected chi connectivity index (χ1v) is 8.38. The molecule has 1 heteroatoms. The van der Waals surface area contributed by atoms with Crippen molar-refractivity contribution in [1.82, 2.24) is 0 Å². The van der Waals surface area contributed by atoms with Crippen LogP contribution in [0.25, 0.3) is 0 Å². The minimum atomic E-state index is -0.399. The second kappa shape index (κ2) is 5.06. The van der Waals surface area contributed by atoms with Gasteiger partial charge in [0.05, 0.1) is 5.60 Å². The second-order valence-corrected chi connectivity index (χ2v) is 9.09. The van der Waals surface area contributed by atoms with Crippen LogP contribution in [0.3, 0.4) is 0 Å². The fraction of sp³-hybridized carbons (Fsp3) is 1.00. The molecule has 2 aliphatic rings. The molecule has 0 aliphatic heterocycles. The molecule has 0 amide bonds. The first kappa shape index (κ1) is 15.4. The van der Waals surface area contributed by atoms with E-state index in [-0.39, 0.29) is 10.8 Å². The number of rotatable bonds is 2. The summed E-state index contributed by atoms with van der Waals surface area (Å²) in [5, 5.41) is 11.3. The van der Waals surface area contributed by atoms with E-state index in [0.717, 1.165) is 18.8 Å². The molecule has 0 unspecified atom stereocenters. The highest BCUT2D eigenvalue weighted by Gasteiger charge is 2.50. The van der Waals surface area contributed by atoms with Gasteiger partial charge in [0.1, 0.15) is 0 Å². The zero-order valence-electron chi connectivity index (χ0n) is 13.8. The van der Waals surface area contributed by atoms with Crippen molar-refractivity contribution in [2.24, 2.45) is 22.7 Å². The Labute approximate surface area is 120 Å². The van der Waals surface area contributed by atoms with Gasteiger partial charge in [-0.05, 0) is 54.8 Å². The lowest BCUT2D eigenvalue weighted by Crippen LogP contribution is -2.51. The molecular weight excluding hydrogens is 232 g/mol. The fourth-order valence-corrected chi connectivity index (χ4v) is 5.54. The van der Waals surface area contributed by atoms with Gasteiger partial charge in [-0.2, -0.15) is 0 Å². The van der Waals surface area contributed by atoms with Crippen LogP contribution in [0.5, 0.6) is 0 Å². The number of hydrogen-bond donors (Lipinski definition) is 1. The molecule has 1 nitrogen and oxygen atoms in total. The molecule has 2 rings (SSSR count). The molecule has 0 saturated heterocycles. The van der Waals surface area contributed by atoms with E-state index in [0.29, 0.717) is 5.92 Å². The normalized spacial score (nSPS) is 36.9. The first-order chi connectivity index (χ1) is 8.66. The molecule has 1 N–H and O–H groups in total. The van der Waals surface area contributed by atoms with Gasteiger partial charge in [0.2, 0.25) is 0 Å². The summed E-state index contributed by atoms with van der Waals surface area (Å²) in [5.74, 6) is 1.47. The van der Waals surface area contributed by atoms with Gasteiger partial charge < -0.3 is 5.11 Å². The largest absolute Gasteiger partial charge is 0.390 e. The van der Waals surface area contributed by atoms with E-state index in [2.05, 4.69) is 34.6 Å². The minimum absolute atomic E-state index is 0.290. The summed E-state index contributed by atoms with van der Waals surface area (Å²) < 4.78 is 0. The quantitative estimate of drug-likeness (QED) is 0.731. The minimum Gasteiger partial charge on any atom is -0.390 e. The SMILES string of the molecule is CCC1CCC(C2(O)CC(C)(C)CC(C)(C)C2)CC1. The van der Waals surface area contributed by atoms with Crippen molar-refractivity contribution in [1.29, 1.82) is 0 Å². The highest BCUT2D eigenvalue weighted by atomic mass is 16.3. The highest BCUT2D eigenvalue weighted by molar-refractivity contribution is 5.01. The van der Waals surface area contributed by atoms with Gasteiger partial charge in [0, 0.05) is 0 Å². The van der Waals surface area contributed by atoms with Crippen molar-refractivity contribution in [2.75, 3.05) is 0 Å². The molecule has 0 aromatic heterocycles. The summed E-state index contributed by atoms with van der Waals surface area (Å²) in [7, 11) is 0. The summed E-state index contributed by atoms with van der Waals surface area (Å²) in [6.07, 6.45) is 9.75. The third-order valence-electron chi connectivity index (χ3n) is 5.71. The van der Waals surface area contributed by atoms with Crippen molar-refractivity contribution >= 4 is 0 Å². The van der Waals surface area contributed by atoms with E-state index >= 15 is 0 Å². The Morgan fingerprint density at radius 1 is 0.842 bits per heavy atom. The smallest absolute Gasteiger partial charge is 0.0686 e. The summed E-state index contributed by atoms with van der Waals surface area (Å²) in [4.78, 5) is 0. The van der Waals surface area contributed by atoms with Crippen LogP contribution in [0.4, 0.5) is 0 Å². The maximum absolute atomic E-state index is 11.3. The Morgan fingerprint density at radius 2 is 1.32 bits per heavy atom. The van der Waals surface area contributed by atoms with Crippen molar-refractivity contribution in [3.63, 3.8) is 0 Å². The molecule has 0 heterocycles. The Bertz CT molecular complexity index is 292. The summed E-state index contributed by atoms with van der Waals surface area (Å²) in [6.45, 7) is 11.7. The van der Waals surface area contributed by atoms with Gasteiger partial charge in [-0.3, -0.25) is 0 Å². The van der Waals surface area contributed by atoms with Crippen LogP contribution in [0.15, 0.2) is 0 Å². The van der Waals surface area contributed by atoms with Crippen molar-refractivity contribution < 1.29 is 5.11 Å². The van der Waals surface area contributed by atoms with Crippen LogP contribution in [0.1, 0.15) is 86.0 Å². The molecule has 0 spiro atoms. The maximum atomic E-state index is 11.3. The van der Waals surface area contributed by atoms with E-state index in [1.54, 1.807) is 0 Å². The van der Waals surface area contributed by atoms with Gasteiger partial charge >= 0.3 is 0 Å². The lowest BCUT2D eigenvalue weighted by Gasteiger charge is -2.53. The number of hydrogen-bond acceptors (Lipinski definition) is 1. The average molecular weight is 266 g/mol. The van der Waals surface area contributed by atoms with Crippen molar-refractivity contribution in [2.45, 2.75) is 91.6 Å². The second-order valence-electron chi connectivity index (χ2n) is 9.09. The van der Waals surface area contributed by atoms with Crippen LogP contribution in [-0.2, 0) is 0 Å². The molecule has 19 heavy (non-hydrogen) atoms. The van der Waals surface area contributed by atoms with Crippen LogP contribution in [0, 0.1) is 22.7 Å². The summed E-state index contributed by atoms with van der Waals surface area (Å²) in [6, 6.07) is 0. The third kappa shape index (κ3) is 3.54. The van der Waals surface area contributed by atoms with Crippen LogP contribution in [-0.4, -0.2) is 10.7 Å². The van der Waals surface area contributed by atoms with E-state index in [1.165, 1.54) is 38.5 Å². The predicted molar refractivity (Wildman–Crippen MR) is 82.1 cm³/mol. The van der Waals surface area contributed by atoms with Gasteiger partial charge in [0.25, 0.3) is 0 Å². The Hall–Kier alpha value is -0.0400. The molecular formula is C18H34O. The van der Waals surface area contributed by atoms with Gasteiger partial charge in [-0.25, -0.2) is 0 Å². The van der Waals surface area contributed by atoms with Crippen LogP contribution in [0.2, 0.25) is 0 Å². The molecule has 2 aliphatic carbocycles. The van der Waals surface area contributed by atoms with Crippen LogP contribution < -0.4 is 0 Å². The molecule has 0 radical (unpaired) electrons. The summed E-state index contributed by atoms with van der Waals surface area (Å²) in [5.41, 5.74) is 0.181. The topological polar surface area (TPSA) is 20.2 Å². The predicted octanol–water partition coefficient (Wildman–Crippen LogP) is 5.17. The molecule has 0 atom stereocenters. The van der Waals surface area contributed by atoms with Gasteiger partial charge in [-0.15, -0.1) is 0 Å². The molecule has 112 valence electrons. The Kier molecular flexibility index (Phi) is 4.09. The molecule has 2 saturated carbocycles. The first-order valence-electron chi connectivity index (χ1n) is 8.38. The Balaban J connectivity index is 2.09. The highest BCUT2D eigenvalue weighted by Crippen LogP contribution is 2.54. The van der Waals surface area contributed by atoms with E-state index < -0.39 is 5.60 Å². The Morgan fingerprint density at radius 3 is 1.74 bits per heavy atom. The van der Waals surface area contributed by atoms with Gasteiger partial charge in [0.15, 0.2) is 0 Å². The fourth-order valence-electron chi connectivity index (χ4n) is 5.54. The van der Waals surface area contributed by atoms with Crippen molar-refractivity contribution in [3.05, 3.63) is 0 Å². The number of aliphatic hydroxyl groups is 1. The maximum Gasteiger partial charge on any atom is 0.0686 e. The third-order valence-corrected chi connectivity index (χ3v) is 5.71. The lowest BCUT2D eigenvalue weighted by atomic mass is 9.55. The van der Waals surface area contributed by atoms with E-state index in [4.69, 9.17) is 0 Å². The zero-order chi connectivity index (χ0) is 14.3. The van der Waals surface area contributed by atoms with E-state index in [9.17, 15) is 5.11 Å². The van der Waals surface area contributed by atoms with E-state index in [1.807, 2.05) is 0 Å². The lowest BCUT2D eigenvalue weighted by molar-refractivity contribution is -0.131. The zero-order valence-corrected chi connectivity index (χ0v) is 13.8. The molecule has 0 aromatic rings. The van der Waals surface area contributed by atoms with Crippen molar-refractivity contribution in [3.8, 4) is 0 Å². The van der Waals surface area contributed by atoms with Gasteiger partial charge in [-0.1, -0.05) is 53.9 Å².